The van der Waals surface area contributed by atoms with Gasteiger partial charge in [0.1, 0.15) is 12.2 Å². The van der Waals surface area contributed by atoms with Crippen molar-refractivity contribution < 1.29 is 0 Å². The smallest absolute Gasteiger partial charge is 0.138 e. The van der Waals surface area contributed by atoms with Crippen molar-refractivity contribution in [1.82, 2.24) is 20.1 Å². The predicted molar refractivity (Wildman–Crippen MR) is 68.7 cm³/mol. The van der Waals surface area contributed by atoms with Gasteiger partial charge in [-0.3, -0.25) is 4.68 Å². The number of aromatic nitrogens is 3. The second-order valence-corrected chi connectivity index (χ2v) is 6.43. The van der Waals surface area contributed by atoms with Gasteiger partial charge < -0.3 is 5.32 Å². The van der Waals surface area contributed by atoms with E-state index in [1.54, 1.807) is 6.33 Å². The third-order valence-corrected chi connectivity index (χ3v) is 3.75. The number of hydrogen-bond acceptors (Lipinski definition) is 3. The van der Waals surface area contributed by atoms with Gasteiger partial charge in [0.05, 0.1) is 0 Å². The summed E-state index contributed by atoms with van der Waals surface area (Å²) in [5, 5.41) is 7.79. The van der Waals surface area contributed by atoms with Crippen molar-refractivity contribution in [3.8, 4) is 0 Å². The highest BCUT2D eigenvalue weighted by Crippen LogP contribution is 2.43. The molecule has 1 aromatic heterocycles. The Kier molecular flexibility index (Phi) is 3.25. The summed E-state index contributed by atoms with van der Waals surface area (Å²) in [7, 11) is 1.98. The van der Waals surface area contributed by atoms with Gasteiger partial charge in [-0.05, 0) is 39.0 Å². The standard InChI is InChI=1S/C13H24N4/c1-12(2,3)15-9-13(6-5-7-13)8-11-14-10-16-17(11)4/h10,15H,5-9H2,1-4H3. The fraction of sp³-hybridized carbons (Fsp3) is 0.846. The molecule has 1 aliphatic carbocycles. The van der Waals surface area contributed by atoms with Crippen LogP contribution in [-0.4, -0.2) is 26.8 Å². The molecular weight excluding hydrogens is 212 g/mol. The minimum absolute atomic E-state index is 0.197. The van der Waals surface area contributed by atoms with Gasteiger partial charge in [-0.1, -0.05) is 6.42 Å². The van der Waals surface area contributed by atoms with Crippen molar-refractivity contribution in [3.05, 3.63) is 12.2 Å². The van der Waals surface area contributed by atoms with Crippen LogP contribution in [0.4, 0.5) is 0 Å². The van der Waals surface area contributed by atoms with Gasteiger partial charge in [-0.25, -0.2) is 4.98 Å². The topological polar surface area (TPSA) is 42.7 Å². The molecule has 0 unspecified atom stereocenters. The highest BCUT2D eigenvalue weighted by Gasteiger charge is 2.38. The van der Waals surface area contributed by atoms with E-state index in [9.17, 15) is 0 Å². The molecule has 1 aliphatic rings. The van der Waals surface area contributed by atoms with Crippen LogP contribution in [0.3, 0.4) is 0 Å². The van der Waals surface area contributed by atoms with E-state index in [4.69, 9.17) is 0 Å². The molecular formula is C13H24N4. The lowest BCUT2D eigenvalue weighted by molar-refractivity contribution is 0.114. The largest absolute Gasteiger partial charge is 0.312 e. The van der Waals surface area contributed by atoms with Crippen molar-refractivity contribution >= 4 is 0 Å². The van der Waals surface area contributed by atoms with Crippen LogP contribution in [-0.2, 0) is 13.5 Å². The van der Waals surface area contributed by atoms with E-state index >= 15 is 0 Å². The first-order chi connectivity index (χ1) is 7.90. The van der Waals surface area contributed by atoms with Crippen molar-refractivity contribution in [2.24, 2.45) is 12.5 Å². The van der Waals surface area contributed by atoms with E-state index in [1.807, 2.05) is 11.7 Å². The third-order valence-electron chi connectivity index (χ3n) is 3.75. The molecule has 0 radical (unpaired) electrons. The summed E-state index contributed by atoms with van der Waals surface area (Å²) in [4.78, 5) is 4.35. The number of rotatable bonds is 4. The van der Waals surface area contributed by atoms with Crippen LogP contribution in [0.2, 0.25) is 0 Å². The minimum atomic E-state index is 0.197. The van der Waals surface area contributed by atoms with E-state index in [1.165, 1.54) is 19.3 Å². The van der Waals surface area contributed by atoms with Crippen LogP contribution >= 0.6 is 0 Å². The van der Waals surface area contributed by atoms with E-state index in [0.29, 0.717) is 5.41 Å². The summed E-state index contributed by atoms with van der Waals surface area (Å²) in [5.41, 5.74) is 0.608. The Labute approximate surface area is 104 Å². The van der Waals surface area contributed by atoms with Crippen molar-refractivity contribution in [2.45, 2.75) is 52.0 Å². The zero-order valence-corrected chi connectivity index (χ0v) is 11.5. The molecule has 4 nitrogen and oxygen atoms in total. The maximum Gasteiger partial charge on any atom is 0.138 e. The maximum atomic E-state index is 4.35. The molecule has 0 aromatic carbocycles. The van der Waals surface area contributed by atoms with Gasteiger partial charge in [-0.2, -0.15) is 5.10 Å². The first-order valence-electron chi connectivity index (χ1n) is 6.48. The van der Waals surface area contributed by atoms with Crippen LogP contribution < -0.4 is 5.32 Å². The Morgan fingerprint density at radius 1 is 1.41 bits per heavy atom. The lowest BCUT2D eigenvalue weighted by Gasteiger charge is -2.43. The Morgan fingerprint density at radius 2 is 2.12 bits per heavy atom. The average molecular weight is 236 g/mol. The minimum Gasteiger partial charge on any atom is -0.312 e. The van der Waals surface area contributed by atoms with Gasteiger partial charge in [-0.15, -0.1) is 0 Å². The first kappa shape index (κ1) is 12.6. The second-order valence-electron chi connectivity index (χ2n) is 6.43. The molecule has 0 amide bonds. The van der Waals surface area contributed by atoms with Crippen LogP contribution in [0.1, 0.15) is 45.9 Å². The molecule has 17 heavy (non-hydrogen) atoms. The van der Waals surface area contributed by atoms with Crippen molar-refractivity contribution in [2.75, 3.05) is 6.54 Å². The zero-order chi connectivity index (χ0) is 12.5. The van der Waals surface area contributed by atoms with Gasteiger partial charge in [0.15, 0.2) is 0 Å². The molecule has 1 aromatic rings. The van der Waals surface area contributed by atoms with Crippen molar-refractivity contribution in [3.63, 3.8) is 0 Å². The van der Waals surface area contributed by atoms with Crippen LogP contribution in [0, 0.1) is 5.41 Å². The van der Waals surface area contributed by atoms with Gasteiger partial charge in [0.25, 0.3) is 0 Å². The number of hydrogen-bond donors (Lipinski definition) is 1. The Bertz CT molecular complexity index is 371. The molecule has 1 N–H and O–H groups in total. The monoisotopic (exact) mass is 236 g/mol. The second kappa shape index (κ2) is 4.41. The highest BCUT2D eigenvalue weighted by molar-refractivity contribution is 5.00. The molecule has 0 spiro atoms. The molecule has 2 rings (SSSR count). The van der Waals surface area contributed by atoms with Crippen molar-refractivity contribution in [1.29, 1.82) is 0 Å². The summed E-state index contributed by atoms with van der Waals surface area (Å²) in [6.45, 7) is 7.76. The summed E-state index contributed by atoms with van der Waals surface area (Å²) in [6.07, 6.45) is 6.67. The SMILES string of the molecule is Cn1ncnc1CC1(CNC(C)(C)C)CCC1. The number of nitrogens with zero attached hydrogens (tertiary/aromatic N) is 3. The summed E-state index contributed by atoms with van der Waals surface area (Å²) >= 11 is 0. The lowest BCUT2D eigenvalue weighted by atomic mass is 9.66. The third kappa shape index (κ3) is 3.06. The normalized spacial score (nSPS) is 19.1. The Balaban J connectivity index is 1.98. The molecule has 0 atom stereocenters. The Hall–Kier alpha value is -0.900. The predicted octanol–water partition coefficient (Wildman–Crippen LogP) is 1.92. The summed E-state index contributed by atoms with van der Waals surface area (Å²) in [5.74, 6) is 1.11. The molecule has 1 saturated carbocycles. The van der Waals surface area contributed by atoms with Gasteiger partial charge in [0.2, 0.25) is 0 Å². The first-order valence-corrected chi connectivity index (χ1v) is 6.48. The molecule has 4 heteroatoms. The molecule has 1 fully saturated rings. The van der Waals surface area contributed by atoms with Crippen LogP contribution in [0.25, 0.3) is 0 Å². The van der Waals surface area contributed by atoms with Crippen LogP contribution in [0.5, 0.6) is 0 Å². The van der Waals surface area contributed by atoms with E-state index in [-0.39, 0.29) is 5.54 Å². The number of aryl methyl sites for hydroxylation is 1. The molecule has 96 valence electrons. The number of nitrogens with one attached hydrogen (secondary N) is 1. The molecule has 0 bridgehead atoms. The van der Waals surface area contributed by atoms with Crippen LogP contribution in [0.15, 0.2) is 6.33 Å². The zero-order valence-electron chi connectivity index (χ0n) is 11.5. The van der Waals surface area contributed by atoms with E-state index in [2.05, 4.69) is 36.2 Å². The average Bonchev–Trinajstić information content (AvgIpc) is 2.54. The molecule has 0 aliphatic heterocycles. The molecule has 1 heterocycles. The van der Waals surface area contributed by atoms with Gasteiger partial charge >= 0.3 is 0 Å². The van der Waals surface area contributed by atoms with Gasteiger partial charge in [0, 0.05) is 25.6 Å². The molecule has 0 saturated heterocycles. The lowest BCUT2D eigenvalue weighted by Crippen LogP contribution is -2.48. The summed E-state index contributed by atoms with van der Waals surface area (Å²) in [6, 6.07) is 0. The fourth-order valence-electron chi connectivity index (χ4n) is 2.36. The Morgan fingerprint density at radius 3 is 2.53 bits per heavy atom. The fourth-order valence-corrected chi connectivity index (χ4v) is 2.36. The highest BCUT2D eigenvalue weighted by atomic mass is 15.3. The summed E-state index contributed by atoms with van der Waals surface area (Å²) < 4.78 is 1.90. The van der Waals surface area contributed by atoms with E-state index in [0.717, 1.165) is 18.8 Å². The van der Waals surface area contributed by atoms with E-state index < -0.39 is 0 Å². The maximum absolute atomic E-state index is 4.35. The quantitative estimate of drug-likeness (QED) is 0.868.